The number of hydrogen-bond donors (Lipinski definition) is 1. The molecule has 1 heterocycles. The number of halogens is 4. The quantitative estimate of drug-likeness (QED) is 0.802. The predicted molar refractivity (Wildman–Crippen MR) is 95.7 cm³/mol. The molecule has 0 saturated carbocycles. The Bertz CT molecular complexity index is 745. The average Bonchev–Trinajstić information content (AvgIpc) is 2.51. The molecule has 0 aromatic heterocycles. The highest BCUT2D eigenvalue weighted by Crippen LogP contribution is 2.35. The van der Waals surface area contributed by atoms with E-state index in [1.807, 2.05) is 20.8 Å². The second-order valence-corrected chi connectivity index (χ2v) is 9.81. The summed E-state index contributed by atoms with van der Waals surface area (Å²) in [6.07, 6.45) is -2.26. The van der Waals surface area contributed by atoms with Gasteiger partial charge in [0.05, 0.1) is 10.6 Å². The van der Waals surface area contributed by atoms with Crippen molar-refractivity contribution in [3.8, 4) is 0 Å². The molecule has 1 aromatic carbocycles. The number of benzene rings is 1. The van der Waals surface area contributed by atoms with Gasteiger partial charge in [-0.05, 0) is 51.8 Å². The van der Waals surface area contributed by atoms with Crippen LogP contribution in [0.25, 0.3) is 0 Å². The van der Waals surface area contributed by atoms with Crippen molar-refractivity contribution >= 4 is 21.6 Å². The number of hydrogen-bond acceptors (Lipinski definition) is 3. The van der Waals surface area contributed by atoms with Gasteiger partial charge in [-0.2, -0.15) is 17.5 Å². The van der Waals surface area contributed by atoms with Crippen molar-refractivity contribution in [3.05, 3.63) is 28.8 Å². The fourth-order valence-corrected chi connectivity index (χ4v) is 5.14. The molecule has 1 aliphatic rings. The topological polar surface area (TPSA) is 49.4 Å². The Kier molecular flexibility index (Phi) is 6.32. The second kappa shape index (κ2) is 7.66. The highest BCUT2D eigenvalue weighted by atomic mass is 35.5. The van der Waals surface area contributed by atoms with Crippen LogP contribution in [0.15, 0.2) is 23.1 Å². The van der Waals surface area contributed by atoms with Gasteiger partial charge in [-0.3, -0.25) is 0 Å². The molecule has 0 amide bonds. The van der Waals surface area contributed by atoms with Crippen LogP contribution in [-0.4, -0.2) is 37.4 Å². The molecule has 4 nitrogen and oxygen atoms in total. The molecule has 1 aromatic rings. The van der Waals surface area contributed by atoms with Gasteiger partial charge in [0, 0.05) is 24.7 Å². The summed E-state index contributed by atoms with van der Waals surface area (Å²) >= 11 is 5.92. The van der Waals surface area contributed by atoms with E-state index in [0.717, 1.165) is 18.6 Å². The van der Waals surface area contributed by atoms with Gasteiger partial charge in [-0.15, -0.1) is 0 Å². The van der Waals surface area contributed by atoms with E-state index < -0.39 is 26.8 Å². The van der Waals surface area contributed by atoms with Crippen LogP contribution in [-0.2, 0) is 16.2 Å². The molecular weight excluding hydrogens is 389 g/mol. The summed E-state index contributed by atoms with van der Waals surface area (Å²) < 4.78 is 65.8. The van der Waals surface area contributed by atoms with Crippen LogP contribution < -0.4 is 5.32 Å². The maximum Gasteiger partial charge on any atom is 0.416 e. The third kappa shape index (κ3) is 5.12. The Labute approximate surface area is 157 Å². The maximum atomic E-state index is 13.0. The highest BCUT2D eigenvalue weighted by molar-refractivity contribution is 7.89. The zero-order valence-electron chi connectivity index (χ0n) is 15.0. The van der Waals surface area contributed by atoms with E-state index >= 15 is 0 Å². The van der Waals surface area contributed by atoms with E-state index in [2.05, 4.69) is 5.32 Å². The lowest BCUT2D eigenvalue weighted by atomic mass is 10.0. The fourth-order valence-electron chi connectivity index (χ4n) is 2.93. The Morgan fingerprint density at radius 2 is 1.88 bits per heavy atom. The minimum Gasteiger partial charge on any atom is -0.310 e. The van der Waals surface area contributed by atoms with Gasteiger partial charge in [0.25, 0.3) is 0 Å². The van der Waals surface area contributed by atoms with E-state index in [1.54, 1.807) is 0 Å². The first kappa shape index (κ1) is 21.5. The van der Waals surface area contributed by atoms with E-state index in [4.69, 9.17) is 11.6 Å². The Morgan fingerprint density at radius 1 is 1.23 bits per heavy atom. The van der Waals surface area contributed by atoms with Crippen LogP contribution >= 0.6 is 11.6 Å². The lowest BCUT2D eigenvalue weighted by Crippen LogP contribution is -2.51. The molecule has 1 saturated heterocycles. The zero-order chi connectivity index (χ0) is 19.8. The summed E-state index contributed by atoms with van der Waals surface area (Å²) in [6.45, 7) is 6.77. The van der Waals surface area contributed by atoms with Crippen molar-refractivity contribution in [2.75, 3.05) is 13.1 Å². The van der Waals surface area contributed by atoms with Crippen LogP contribution in [0.3, 0.4) is 0 Å². The van der Waals surface area contributed by atoms with Gasteiger partial charge >= 0.3 is 6.18 Å². The molecule has 0 unspecified atom stereocenters. The van der Waals surface area contributed by atoms with Gasteiger partial charge in [-0.25, -0.2) is 8.42 Å². The molecule has 1 aliphatic heterocycles. The van der Waals surface area contributed by atoms with Crippen LogP contribution in [0.1, 0.15) is 45.6 Å². The molecule has 148 valence electrons. The summed E-state index contributed by atoms with van der Waals surface area (Å²) in [4.78, 5) is -0.283. The number of nitrogens with zero attached hydrogens (tertiary/aromatic N) is 1. The van der Waals surface area contributed by atoms with Crippen molar-refractivity contribution in [3.63, 3.8) is 0 Å². The number of piperidine rings is 1. The molecule has 0 aliphatic carbocycles. The van der Waals surface area contributed by atoms with Crippen molar-refractivity contribution in [1.82, 2.24) is 9.62 Å². The summed E-state index contributed by atoms with van der Waals surface area (Å²) in [5.41, 5.74) is -1.13. The third-order valence-corrected chi connectivity index (χ3v) is 6.72. The molecule has 0 radical (unpaired) electrons. The molecule has 0 bridgehead atoms. The first-order chi connectivity index (χ1) is 11.8. The number of sulfonamides is 1. The van der Waals surface area contributed by atoms with Gasteiger partial charge in [-0.1, -0.05) is 18.0 Å². The Balaban J connectivity index is 2.32. The standard InChI is InChI=1S/C17H24ClF3N2O2S/c1-16(2,3)22-11-13-6-4-5-9-23(13)26(24,25)15-8-7-12(10-14(15)18)17(19,20)21/h7-8,10,13,22H,4-6,9,11H2,1-3H3/t13-/m0/s1. The predicted octanol–water partition coefficient (Wildman–Crippen LogP) is 4.29. The van der Waals surface area contributed by atoms with Crippen molar-refractivity contribution in [2.24, 2.45) is 0 Å². The number of alkyl halides is 3. The molecule has 1 atom stereocenters. The van der Waals surface area contributed by atoms with Crippen molar-refractivity contribution in [2.45, 2.75) is 62.7 Å². The first-order valence-corrected chi connectivity index (χ1v) is 10.3. The zero-order valence-corrected chi connectivity index (χ0v) is 16.6. The van der Waals surface area contributed by atoms with E-state index in [-0.39, 0.29) is 16.5 Å². The second-order valence-electron chi connectivity index (χ2n) is 7.54. The van der Waals surface area contributed by atoms with Crippen LogP contribution in [0.4, 0.5) is 13.2 Å². The normalized spacial score (nSPS) is 20.3. The molecule has 0 spiro atoms. The number of rotatable bonds is 4. The molecule has 26 heavy (non-hydrogen) atoms. The summed E-state index contributed by atoms with van der Waals surface area (Å²) in [7, 11) is -3.98. The lowest BCUT2D eigenvalue weighted by Gasteiger charge is -2.36. The summed E-state index contributed by atoms with van der Waals surface area (Å²) in [5, 5.41) is 2.89. The maximum absolute atomic E-state index is 13.0. The largest absolute Gasteiger partial charge is 0.416 e. The van der Waals surface area contributed by atoms with Crippen LogP contribution in [0.2, 0.25) is 5.02 Å². The van der Waals surface area contributed by atoms with Crippen LogP contribution in [0.5, 0.6) is 0 Å². The van der Waals surface area contributed by atoms with E-state index in [1.165, 1.54) is 4.31 Å². The van der Waals surface area contributed by atoms with Crippen molar-refractivity contribution in [1.29, 1.82) is 0 Å². The van der Waals surface area contributed by atoms with Crippen LogP contribution in [0, 0.1) is 0 Å². The van der Waals surface area contributed by atoms with Gasteiger partial charge in [0.1, 0.15) is 4.90 Å². The minimum atomic E-state index is -4.57. The number of nitrogens with one attached hydrogen (secondary N) is 1. The Morgan fingerprint density at radius 3 is 2.42 bits per heavy atom. The van der Waals surface area contributed by atoms with Gasteiger partial charge in [0.15, 0.2) is 0 Å². The molecule has 1 fully saturated rings. The molecule has 1 N–H and O–H groups in total. The average molecular weight is 413 g/mol. The SMILES string of the molecule is CC(C)(C)NC[C@@H]1CCCCN1S(=O)(=O)c1ccc(C(F)(F)F)cc1Cl. The summed E-state index contributed by atoms with van der Waals surface area (Å²) in [6, 6.07) is 2.11. The third-order valence-electron chi connectivity index (χ3n) is 4.29. The minimum absolute atomic E-state index is 0.168. The fraction of sp³-hybridized carbons (Fsp3) is 0.647. The smallest absolute Gasteiger partial charge is 0.310 e. The molecular formula is C17H24ClF3N2O2S. The Hall–Kier alpha value is -0.830. The first-order valence-electron chi connectivity index (χ1n) is 8.46. The molecule has 2 rings (SSSR count). The van der Waals surface area contributed by atoms with Crippen molar-refractivity contribution < 1.29 is 21.6 Å². The van der Waals surface area contributed by atoms with Gasteiger partial charge < -0.3 is 5.32 Å². The summed E-state index contributed by atoms with van der Waals surface area (Å²) in [5.74, 6) is 0. The highest BCUT2D eigenvalue weighted by Gasteiger charge is 2.37. The van der Waals surface area contributed by atoms with E-state index in [0.29, 0.717) is 32.0 Å². The van der Waals surface area contributed by atoms with Gasteiger partial charge in [0.2, 0.25) is 10.0 Å². The lowest BCUT2D eigenvalue weighted by molar-refractivity contribution is -0.137. The van der Waals surface area contributed by atoms with E-state index in [9.17, 15) is 21.6 Å². The monoisotopic (exact) mass is 412 g/mol. The molecule has 9 heteroatoms.